The molecule has 0 radical (unpaired) electrons. The standard InChI is InChI=1S/C22H19N5O5/c1-3-32-17-8-6-16(7-9-17)26-24-18-10-5-15(13-19(18)25-26)23-22(28)14-4-11-21(31-2)20(12-14)27(29)30/h4-13H,3H2,1-2H3,(H,23,28). The third kappa shape index (κ3) is 4.19. The number of anilines is 1. The van der Waals surface area contributed by atoms with Gasteiger partial charge in [-0.15, -0.1) is 10.2 Å². The number of methoxy groups -OCH3 is 1. The molecule has 0 aliphatic rings. The van der Waals surface area contributed by atoms with Gasteiger partial charge in [0.25, 0.3) is 5.91 Å². The molecule has 10 nitrogen and oxygen atoms in total. The number of nitro groups is 1. The molecule has 162 valence electrons. The van der Waals surface area contributed by atoms with Crippen molar-refractivity contribution in [3.8, 4) is 17.2 Å². The number of nitrogens with zero attached hydrogens (tertiary/aromatic N) is 4. The third-order valence-corrected chi connectivity index (χ3v) is 4.65. The minimum Gasteiger partial charge on any atom is -0.494 e. The monoisotopic (exact) mass is 433 g/mol. The van der Waals surface area contributed by atoms with Gasteiger partial charge >= 0.3 is 5.69 Å². The third-order valence-electron chi connectivity index (χ3n) is 4.65. The van der Waals surface area contributed by atoms with Crippen LogP contribution in [0.5, 0.6) is 11.5 Å². The molecule has 0 aliphatic carbocycles. The van der Waals surface area contributed by atoms with Crippen LogP contribution < -0.4 is 14.8 Å². The van der Waals surface area contributed by atoms with Gasteiger partial charge in [0, 0.05) is 17.3 Å². The smallest absolute Gasteiger partial charge is 0.311 e. The van der Waals surface area contributed by atoms with Crippen molar-refractivity contribution in [1.82, 2.24) is 15.0 Å². The molecule has 1 amide bonds. The quantitative estimate of drug-likeness (QED) is 0.345. The highest BCUT2D eigenvalue weighted by molar-refractivity contribution is 6.05. The average molecular weight is 433 g/mol. The second kappa shape index (κ2) is 8.72. The minimum atomic E-state index is -0.596. The Morgan fingerprint density at radius 2 is 1.81 bits per heavy atom. The Kier molecular flexibility index (Phi) is 5.67. The summed E-state index contributed by atoms with van der Waals surface area (Å²) in [5, 5.41) is 22.8. The molecule has 10 heteroatoms. The Labute approximate surface area is 182 Å². The number of hydrogen-bond donors (Lipinski definition) is 1. The maximum absolute atomic E-state index is 12.6. The van der Waals surface area contributed by atoms with E-state index in [4.69, 9.17) is 9.47 Å². The molecule has 0 aliphatic heterocycles. The van der Waals surface area contributed by atoms with Crippen molar-refractivity contribution in [2.75, 3.05) is 19.0 Å². The molecule has 3 aromatic carbocycles. The number of nitro benzene ring substituents is 1. The fraction of sp³-hybridized carbons (Fsp3) is 0.136. The molecule has 1 aromatic heterocycles. The van der Waals surface area contributed by atoms with Gasteiger partial charge in [-0.1, -0.05) is 0 Å². The summed E-state index contributed by atoms with van der Waals surface area (Å²) in [6.07, 6.45) is 0. The van der Waals surface area contributed by atoms with Crippen molar-refractivity contribution < 1.29 is 19.2 Å². The minimum absolute atomic E-state index is 0.0823. The van der Waals surface area contributed by atoms with Crippen LogP contribution in [-0.4, -0.2) is 39.5 Å². The van der Waals surface area contributed by atoms with E-state index in [9.17, 15) is 14.9 Å². The lowest BCUT2D eigenvalue weighted by molar-refractivity contribution is -0.385. The first-order chi connectivity index (χ1) is 15.5. The van der Waals surface area contributed by atoms with E-state index in [2.05, 4.69) is 15.5 Å². The number of benzene rings is 3. The zero-order valence-electron chi connectivity index (χ0n) is 17.3. The number of carbonyl (C=O) groups excluding carboxylic acids is 1. The van der Waals surface area contributed by atoms with E-state index >= 15 is 0 Å². The average Bonchev–Trinajstić information content (AvgIpc) is 3.22. The van der Waals surface area contributed by atoms with Crippen LogP contribution in [0.25, 0.3) is 16.7 Å². The van der Waals surface area contributed by atoms with Gasteiger partial charge in [0.2, 0.25) is 0 Å². The molecule has 0 saturated heterocycles. The highest BCUT2D eigenvalue weighted by Gasteiger charge is 2.18. The van der Waals surface area contributed by atoms with Crippen LogP contribution in [0, 0.1) is 10.1 Å². The molecule has 0 saturated carbocycles. The number of fused-ring (bicyclic) bond motifs is 1. The van der Waals surface area contributed by atoms with Crippen molar-refractivity contribution in [3.05, 3.63) is 76.3 Å². The van der Waals surface area contributed by atoms with E-state index in [-0.39, 0.29) is 17.0 Å². The van der Waals surface area contributed by atoms with Crippen molar-refractivity contribution in [2.45, 2.75) is 6.92 Å². The summed E-state index contributed by atoms with van der Waals surface area (Å²) in [6, 6.07) is 16.5. The highest BCUT2D eigenvalue weighted by atomic mass is 16.6. The molecular formula is C22H19N5O5. The van der Waals surface area contributed by atoms with Crippen LogP contribution in [-0.2, 0) is 0 Å². The predicted molar refractivity (Wildman–Crippen MR) is 118 cm³/mol. The molecule has 4 rings (SSSR count). The van der Waals surface area contributed by atoms with E-state index < -0.39 is 10.8 Å². The second-order valence-electron chi connectivity index (χ2n) is 6.72. The van der Waals surface area contributed by atoms with Crippen molar-refractivity contribution in [2.24, 2.45) is 0 Å². The number of aromatic nitrogens is 3. The van der Waals surface area contributed by atoms with Crippen LogP contribution in [0.3, 0.4) is 0 Å². The first kappa shape index (κ1) is 20.8. The van der Waals surface area contributed by atoms with E-state index in [0.717, 1.165) is 11.4 Å². The summed E-state index contributed by atoms with van der Waals surface area (Å²) >= 11 is 0. The van der Waals surface area contributed by atoms with Gasteiger partial charge in [-0.05, 0) is 61.5 Å². The number of ether oxygens (including phenoxy) is 2. The second-order valence-corrected chi connectivity index (χ2v) is 6.72. The number of carbonyl (C=O) groups is 1. The molecule has 0 fully saturated rings. The van der Waals surface area contributed by atoms with Gasteiger partial charge in [-0.3, -0.25) is 14.9 Å². The zero-order valence-corrected chi connectivity index (χ0v) is 17.3. The van der Waals surface area contributed by atoms with E-state index in [1.807, 2.05) is 31.2 Å². The highest BCUT2D eigenvalue weighted by Crippen LogP contribution is 2.28. The van der Waals surface area contributed by atoms with Gasteiger partial charge in [-0.2, -0.15) is 4.80 Å². The first-order valence-electron chi connectivity index (χ1n) is 9.72. The summed E-state index contributed by atoms with van der Waals surface area (Å²) in [4.78, 5) is 24.7. The van der Waals surface area contributed by atoms with Gasteiger partial charge in [0.1, 0.15) is 16.8 Å². The van der Waals surface area contributed by atoms with Crippen molar-refractivity contribution >= 4 is 28.3 Å². The van der Waals surface area contributed by atoms with Crippen LogP contribution >= 0.6 is 0 Å². The molecule has 0 atom stereocenters. The number of nitrogens with one attached hydrogen (secondary N) is 1. The molecule has 0 unspecified atom stereocenters. The van der Waals surface area contributed by atoms with E-state index in [1.165, 1.54) is 30.1 Å². The van der Waals surface area contributed by atoms with Gasteiger partial charge in [-0.25, -0.2) is 0 Å². The van der Waals surface area contributed by atoms with Crippen LogP contribution in [0.2, 0.25) is 0 Å². The molecular weight excluding hydrogens is 414 g/mol. The maximum atomic E-state index is 12.6. The lowest BCUT2D eigenvalue weighted by Gasteiger charge is -2.06. The van der Waals surface area contributed by atoms with E-state index in [0.29, 0.717) is 23.3 Å². The van der Waals surface area contributed by atoms with Crippen LogP contribution in [0.1, 0.15) is 17.3 Å². The summed E-state index contributed by atoms with van der Waals surface area (Å²) < 4.78 is 10.4. The molecule has 0 bridgehead atoms. The molecule has 1 heterocycles. The summed E-state index contributed by atoms with van der Waals surface area (Å²) in [5.41, 5.74) is 2.33. The van der Waals surface area contributed by atoms with Gasteiger partial charge in [0.05, 0.1) is 24.3 Å². The largest absolute Gasteiger partial charge is 0.494 e. The SMILES string of the molecule is CCOc1ccc(-n2nc3ccc(NC(=O)c4ccc(OC)c([N+](=O)[O-])c4)cc3n2)cc1. The maximum Gasteiger partial charge on any atom is 0.311 e. The summed E-state index contributed by atoms with van der Waals surface area (Å²) in [7, 11) is 1.33. The topological polar surface area (TPSA) is 121 Å². The normalized spacial score (nSPS) is 10.7. The zero-order chi connectivity index (χ0) is 22.7. The van der Waals surface area contributed by atoms with Gasteiger partial charge in [0.15, 0.2) is 5.75 Å². The fourth-order valence-electron chi connectivity index (χ4n) is 3.13. The Hall–Kier alpha value is -4.47. The first-order valence-corrected chi connectivity index (χ1v) is 9.72. The van der Waals surface area contributed by atoms with E-state index in [1.54, 1.807) is 18.2 Å². The summed E-state index contributed by atoms with van der Waals surface area (Å²) in [6.45, 7) is 2.50. The van der Waals surface area contributed by atoms with Crippen LogP contribution in [0.4, 0.5) is 11.4 Å². The van der Waals surface area contributed by atoms with Crippen molar-refractivity contribution in [1.29, 1.82) is 0 Å². The molecule has 32 heavy (non-hydrogen) atoms. The van der Waals surface area contributed by atoms with Crippen LogP contribution in [0.15, 0.2) is 60.7 Å². The molecule has 4 aromatic rings. The lowest BCUT2D eigenvalue weighted by atomic mass is 10.1. The summed E-state index contributed by atoms with van der Waals surface area (Å²) in [5.74, 6) is 0.351. The number of rotatable bonds is 7. The Morgan fingerprint density at radius 3 is 2.50 bits per heavy atom. The Balaban J connectivity index is 1.56. The lowest BCUT2D eigenvalue weighted by Crippen LogP contribution is -2.12. The number of hydrogen-bond acceptors (Lipinski definition) is 7. The Morgan fingerprint density at radius 1 is 1.06 bits per heavy atom. The van der Waals surface area contributed by atoms with Crippen molar-refractivity contribution in [3.63, 3.8) is 0 Å². The molecule has 0 spiro atoms. The molecule has 1 N–H and O–H groups in total. The van der Waals surface area contributed by atoms with Gasteiger partial charge < -0.3 is 14.8 Å². The number of amides is 1. The fourth-order valence-corrected chi connectivity index (χ4v) is 3.13. The predicted octanol–water partition coefficient (Wildman–Crippen LogP) is 3.99. The Bertz CT molecular complexity index is 1300.